The van der Waals surface area contributed by atoms with Crippen LogP contribution < -0.4 is 10.6 Å². The smallest absolute Gasteiger partial charge is 0.250 e. The number of rotatable bonds is 6. The summed E-state index contributed by atoms with van der Waals surface area (Å²) in [6.07, 6.45) is 4.15. The third-order valence-electron chi connectivity index (χ3n) is 3.85. The maximum atomic E-state index is 12.0. The highest BCUT2D eigenvalue weighted by Gasteiger charge is 2.06. The van der Waals surface area contributed by atoms with E-state index in [1.165, 1.54) is 6.08 Å². The van der Waals surface area contributed by atoms with Crippen molar-refractivity contribution in [2.75, 3.05) is 19.4 Å². The Bertz CT molecular complexity index is 879. The number of anilines is 1. The zero-order valence-electron chi connectivity index (χ0n) is 15.7. The van der Waals surface area contributed by atoms with Crippen LogP contribution in [0.3, 0.4) is 0 Å². The average Bonchev–Trinajstić information content (AvgIpc) is 2.65. The molecule has 0 radical (unpaired) electrons. The minimum absolute atomic E-state index is 0.0774. The lowest BCUT2D eigenvalue weighted by molar-refractivity contribution is -0.128. The SMILES string of the molecule is CN(C)C(=O)CCc1cccc(NC(=S)NC(=O)/C=C/c2ccc(Cl)cc2)c1. The van der Waals surface area contributed by atoms with Crippen LogP contribution in [0.5, 0.6) is 0 Å². The minimum Gasteiger partial charge on any atom is -0.349 e. The predicted octanol–water partition coefficient (Wildman–Crippen LogP) is 3.89. The van der Waals surface area contributed by atoms with Gasteiger partial charge in [-0.1, -0.05) is 35.9 Å². The maximum Gasteiger partial charge on any atom is 0.250 e. The molecule has 0 bridgehead atoms. The molecule has 2 rings (SSSR count). The number of benzene rings is 2. The first-order valence-corrected chi connectivity index (χ1v) is 9.47. The number of halogens is 1. The van der Waals surface area contributed by atoms with Crippen LogP contribution in [0.25, 0.3) is 6.08 Å². The first-order valence-electron chi connectivity index (χ1n) is 8.68. The van der Waals surface area contributed by atoms with Crippen molar-refractivity contribution >= 4 is 52.5 Å². The second-order valence-electron chi connectivity index (χ2n) is 6.32. The van der Waals surface area contributed by atoms with Crippen LogP contribution in [0.15, 0.2) is 54.6 Å². The number of thiocarbonyl (C=S) groups is 1. The van der Waals surface area contributed by atoms with Crippen molar-refractivity contribution < 1.29 is 9.59 Å². The molecule has 0 fully saturated rings. The second kappa shape index (κ2) is 10.6. The van der Waals surface area contributed by atoms with Gasteiger partial charge in [0.25, 0.3) is 0 Å². The van der Waals surface area contributed by atoms with E-state index in [0.717, 1.165) is 16.8 Å². The Labute approximate surface area is 175 Å². The van der Waals surface area contributed by atoms with Crippen molar-refractivity contribution in [3.8, 4) is 0 Å². The highest BCUT2D eigenvalue weighted by atomic mass is 35.5. The molecule has 0 aliphatic carbocycles. The molecular weight excluding hydrogens is 394 g/mol. The standard InChI is InChI=1S/C21H22ClN3O2S/c1-25(2)20(27)13-9-16-4-3-5-18(14-16)23-21(28)24-19(26)12-8-15-6-10-17(22)11-7-15/h3-8,10-12,14H,9,13H2,1-2H3,(H2,23,24,26,28)/b12-8+. The number of carbonyl (C=O) groups excluding carboxylic acids is 2. The lowest BCUT2D eigenvalue weighted by Gasteiger charge is -2.11. The Morgan fingerprint density at radius 1 is 1.14 bits per heavy atom. The first-order chi connectivity index (χ1) is 13.3. The number of amides is 2. The van der Waals surface area contributed by atoms with Crippen molar-refractivity contribution in [1.82, 2.24) is 10.2 Å². The van der Waals surface area contributed by atoms with E-state index in [1.807, 2.05) is 36.4 Å². The molecule has 5 nitrogen and oxygen atoms in total. The third kappa shape index (κ3) is 7.50. The zero-order valence-corrected chi connectivity index (χ0v) is 17.3. The zero-order chi connectivity index (χ0) is 20.5. The fourth-order valence-corrected chi connectivity index (χ4v) is 2.69. The van der Waals surface area contributed by atoms with Gasteiger partial charge in [-0.15, -0.1) is 0 Å². The van der Waals surface area contributed by atoms with E-state index in [-0.39, 0.29) is 16.9 Å². The third-order valence-corrected chi connectivity index (χ3v) is 4.30. The summed E-state index contributed by atoms with van der Waals surface area (Å²) in [7, 11) is 3.48. The molecule has 2 amide bonds. The molecule has 0 unspecified atom stereocenters. The molecule has 0 atom stereocenters. The Hall–Kier alpha value is -2.70. The van der Waals surface area contributed by atoms with Crippen LogP contribution in [-0.4, -0.2) is 35.9 Å². The molecule has 0 aromatic heterocycles. The summed E-state index contributed by atoms with van der Waals surface area (Å²) in [5.74, 6) is -0.256. The van der Waals surface area contributed by atoms with Gasteiger partial charge in [-0.25, -0.2) is 0 Å². The molecule has 7 heteroatoms. The lowest BCUT2D eigenvalue weighted by Crippen LogP contribution is -2.32. The van der Waals surface area contributed by atoms with Gasteiger partial charge in [-0.2, -0.15) is 0 Å². The Balaban J connectivity index is 1.86. The summed E-state index contributed by atoms with van der Waals surface area (Å²) >= 11 is 11.0. The number of hydrogen-bond donors (Lipinski definition) is 2. The van der Waals surface area contributed by atoms with Gasteiger partial charge in [0.15, 0.2) is 5.11 Å². The summed E-state index contributed by atoms with van der Waals surface area (Å²) in [4.78, 5) is 25.3. The van der Waals surface area contributed by atoms with Crippen LogP contribution >= 0.6 is 23.8 Å². The van der Waals surface area contributed by atoms with Crippen LogP contribution in [0.1, 0.15) is 17.5 Å². The fraction of sp³-hybridized carbons (Fsp3) is 0.190. The van der Waals surface area contributed by atoms with Crippen molar-refractivity contribution in [3.05, 3.63) is 70.8 Å². The number of nitrogens with zero attached hydrogens (tertiary/aromatic N) is 1. The molecule has 0 spiro atoms. The van der Waals surface area contributed by atoms with Gasteiger partial charge in [-0.05, 0) is 60.1 Å². The van der Waals surface area contributed by atoms with Crippen molar-refractivity contribution in [1.29, 1.82) is 0 Å². The van der Waals surface area contributed by atoms with E-state index >= 15 is 0 Å². The van der Waals surface area contributed by atoms with Gasteiger partial charge >= 0.3 is 0 Å². The van der Waals surface area contributed by atoms with Crippen LogP contribution in [0, 0.1) is 0 Å². The molecule has 0 aliphatic heterocycles. The van der Waals surface area contributed by atoms with E-state index in [4.69, 9.17) is 23.8 Å². The first kappa shape index (κ1) is 21.6. The molecule has 0 aliphatic rings. The largest absolute Gasteiger partial charge is 0.349 e. The Morgan fingerprint density at radius 3 is 2.54 bits per heavy atom. The predicted molar refractivity (Wildman–Crippen MR) is 118 cm³/mol. The molecule has 2 aromatic carbocycles. The minimum atomic E-state index is -0.333. The van der Waals surface area contributed by atoms with Gasteiger partial charge in [0, 0.05) is 37.3 Å². The van der Waals surface area contributed by atoms with Gasteiger partial charge in [-0.3, -0.25) is 14.9 Å². The lowest BCUT2D eigenvalue weighted by atomic mass is 10.1. The Kier molecular flexibility index (Phi) is 8.17. The van der Waals surface area contributed by atoms with E-state index < -0.39 is 0 Å². The summed E-state index contributed by atoms with van der Waals surface area (Å²) in [6.45, 7) is 0. The van der Waals surface area contributed by atoms with Crippen LogP contribution in [0.2, 0.25) is 5.02 Å². The van der Waals surface area contributed by atoms with Crippen molar-refractivity contribution in [3.63, 3.8) is 0 Å². The van der Waals surface area contributed by atoms with Crippen molar-refractivity contribution in [2.24, 2.45) is 0 Å². The van der Waals surface area contributed by atoms with E-state index in [1.54, 1.807) is 37.2 Å². The summed E-state index contributed by atoms with van der Waals surface area (Å²) in [6, 6.07) is 14.7. The molecule has 2 aromatic rings. The second-order valence-corrected chi connectivity index (χ2v) is 7.16. The maximum absolute atomic E-state index is 12.0. The van der Waals surface area contributed by atoms with Gasteiger partial charge in [0.05, 0.1) is 0 Å². The summed E-state index contributed by atoms with van der Waals surface area (Å²) in [5, 5.41) is 6.42. The van der Waals surface area contributed by atoms with Crippen LogP contribution in [0.4, 0.5) is 5.69 Å². The molecule has 0 heterocycles. The molecule has 0 saturated carbocycles. The summed E-state index contributed by atoms with van der Waals surface area (Å²) < 4.78 is 0. The average molecular weight is 416 g/mol. The molecule has 28 heavy (non-hydrogen) atoms. The van der Waals surface area contributed by atoms with E-state index in [2.05, 4.69) is 10.6 Å². The molecule has 146 valence electrons. The quantitative estimate of drug-likeness (QED) is 0.555. The normalized spacial score (nSPS) is 10.5. The van der Waals surface area contributed by atoms with Gasteiger partial charge in [0.1, 0.15) is 0 Å². The number of nitrogens with one attached hydrogen (secondary N) is 2. The monoisotopic (exact) mass is 415 g/mol. The molecular formula is C21H22ClN3O2S. The highest BCUT2D eigenvalue weighted by Crippen LogP contribution is 2.13. The number of carbonyl (C=O) groups is 2. The van der Waals surface area contributed by atoms with Gasteiger partial charge in [0.2, 0.25) is 11.8 Å². The number of aryl methyl sites for hydroxylation is 1. The molecule has 0 saturated heterocycles. The highest BCUT2D eigenvalue weighted by molar-refractivity contribution is 7.80. The fourth-order valence-electron chi connectivity index (χ4n) is 2.34. The van der Waals surface area contributed by atoms with E-state index in [0.29, 0.717) is 17.9 Å². The van der Waals surface area contributed by atoms with Crippen LogP contribution in [-0.2, 0) is 16.0 Å². The van der Waals surface area contributed by atoms with Crippen molar-refractivity contribution in [2.45, 2.75) is 12.8 Å². The number of hydrogen-bond acceptors (Lipinski definition) is 3. The summed E-state index contributed by atoms with van der Waals surface area (Å²) in [5.41, 5.74) is 2.62. The van der Waals surface area contributed by atoms with E-state index in [9.17, 15) is 9.59 Å². The molecule has 2 N–H and O–H groups in total. The Morgan fingerprint density at radius 2 is 1.86 bits per heavy atom. The topological polar surface area (TPSA) is 61.4 Å². The van der Waals surface area contributed by atoms with Gasteiger partial charge < -0.3 is 10.2 Å².